The fourth-order valence-corrected chi connectivity index (χ4v) is 3.70. The molecular weight excluding hydrogens is 222 g/mol. The van der Waals surface area contributed by atoms with Crippen LogP contribution >= 0.6 is 0 Å². The summed E-state index contributed by atoms with van der Waals surface area (Å²) in [4.78, 5) is 5.37. The molecule has 1 aliphatic carbocycles. The highest BCUT2D eigenvalue weighted by Gasteiger charge is 2.38. The largest absolute Gasteiger partial charge is 0.318 e. The molecule has 0 amide bonds. The second-order valence-corrected chi connectivity index (χ2v) is 6.85. The van der Waals surface area contributed by atoms with E-state index in [2.05, 4.69) is 43.1 Å². The highest BCUT2D eigenvalue weighted by atomic mass is 15.3. The summed E-state index contributed by atoms with van der Waals surface area (Å²) in [7, 11) is 4.36. The van der Waals surface area contributed by atoms with Crippen LogP contribution in [0.25, 0.3) is 0 Å². The smallest absolute Gasteiger partial charge is 0.0345 e. The van der Waals surface area contributed by atoms with Crippen LogP contribution in [0, 0.1) is 0 Å². The first-order chi connectivity index (χ1) is 8.54. The van der Waals surface area contributed by atoms with Gasteiger partial charge in [-0.3, -0.25) is 4.90 Å². The Balaban J connectivity index is 2.11. The third kappa shape index (κ3) is 3.06. The van der Waals surface area contributed by atoms with Gasteiger partial charge in [0.05, 0.1) is 0 Å². The lowest BCUT2D eigenvalue weighted by atomic mass is 9.95. The standard InChI is InChI=1S/C15H31N3/c1-15(2)9-10-17(4)14(11-16-3)12-18(15)13-7-5-6-8-13/h13-14,16H,5-12H2,1-4H3. The van der Waals surface area contributed by atoms with Gasteiger partial charge in [-0.15, -0.1) is 0 Å². The molecule has 1 heterocycles. The zero-order valence-corrected chi connectivity index (χ0v) is 12.7. The van der Waals surface area contributed by atoms with Gasteiger partial charge in [0, 0.05) is 30.7 Å². The van der Waals surface area contributed by atoms with E-state index in [-0.39, 0.29) is 0 Å². The summed E-state index contributed by atoms with van der Waals surface area (Å²) in [5.41, 5.74) is 0.367. The van der Waals surface area contributed by atoms with Gasteiger partial charge in [-0.1, -0.05) is 12.8 Å². The second-order valence-electron chi connectivity index (χ2n) is 6.85. The maximum atomic E-state index is 3.37. The van der Waals surface area contributed by atoms with E-state index in [1.54, 1.807) is 0 Å². The van der Waals surface area contributed by atoms with Crippen LogP contribution in [0.5, 0.6) is 0 Å². The summed E-state index contributed by atoms with van der Waals surface area (Å²) < 4.78 is 0. The molecule has 2 rings (SSSR count). The lowest BCUT2D eigenvalue weighted by Crippen LogP contribution is -2.52. The van der Waals surface area contributed by atoms with Gasteiger partial charge in [0.15, 0.2) is 0 Å². The van der Waals surface area contributed by atoms with Crippen molar-refractivity contribution in [3.8, 4) is 0 Å². The number of nitrogens with one attached hydrogen (secondary N) is 1. The Morgan fingerprint density at radius 3 is 2.50 bits per heavy atom. The molecule has 1 N–H and O–H groups in total. The molecule has 106 valence electrons. The van der Waals surface area contributed by atoms with E-state index >= 15 is 0 Å². The van der Waals surface area contributed by atoms with Crippen molar-refractivity contribution < 1.29 is 0 Å². The van der Waals surface area contributed by atoms with E-state index in [1.165, 1.54) is 45.2 Å². The molecule has 2 aliphatic rings. The average molecular weight is 253 g/mol. The van der Waals surface area contributed by atoms with Gasteiger partial charge in [0.1, 0.15) is 0 Å². The highest BCUT2D eigenvalue weighted by Crippen LogP contribution is 2.33. The van der Waals surface area contributed by atoms with E-state index in [0.29, 0.717) is 11.6 Å². The van der Waals surface area contributed by atoms with Crippen molar-refractivity contribution in [2.75, 3.05) is 33.7 Å². The van der Waals surface area contributed by atoms with Crippen LogP contribution in [-0.2, 0) is 0 Å². The molecule has 1 aliphatic heterocycles. The predicted molar refractivity (Wildman–Crippen MR) is 78.0 cm³/mol. The van der Waals surface area contributed by atoms with Gasteiger partial charge < -0.3 is 10.2 Å². The monoisotopic (exact) mass is 253 g/mol. The van der Waals surface area contributed by atoms with Gasteiger partial charge in [-0.25, -0.2) is 0 Å². The van der Waals surface area contributed by atoms with Crippen molar-refractivity contribution in [1.29, 1.82) is 0 Å². The molecule has 0 aromatic heterocycles. The fourth-order valence-electron chi connectivity index (χ4n) is 3.70. The summed E-state index contributed by atoms with van der Waals surface area (Å²) in [6.45, 7) is 8.45. The lowest BCUT2D eigenvalue weighted by Gasteiger charge is -2.42. The molecule has 1 atom stereocenters. The topological polar surface area (TPSA) is 18.5 Å². The summed E-state index contributed by atoms with van der Waals surface area (Å²) in [6, 6.07) is 1.50. The molecule has 0 aromatic rings. The summed E-state index contributed by atoms with van der Waals surface area (Å²) in [5.74, 6) is 0. The number of hydrogen-bond acceptors (Lipinski definition) is 3. The number of likely N-dealkylation sites (N-methyl/N-ethyl adjacent to an activating group) is 2. The molecule has 2 fully saturated rings. The first kappa shape index (κ1) is 14.3. The summed E-state index contributed by atoms with van der Waals surface area (Å²) >= 11 is 0. The Morgan fingerprint density at radius 1 is 1.22 bits per heavy atom. The van der Waals surface area contributed by atoms with Gasteiger partial charge in [0.2, 0.25) is 0 Å². The van der Waals surface area contributed by atoms with E-state index in [0.717, 1.165) is 12.6 Å². The van der Waals surface area contributed by atoms with Gasteiger partial charge in [-0.05, 0) is 53.8 Å². The maximum absolute atomic E-state index is 3.37. The van der Waals surface area contributed by atoms with E-state index in [4.69, 9.17) is 0 Å². The van der Waals surface area contributed by atoms with Crippen molar-refractivity contribution in [1.82, 2.24) is 15.1 Å². The average Bonchev–Trinajstić information content (AvgIpc) is 2.81. The van der Waals surface area contributed by atoms with Crippen molar-refractivity contribution in [3.05, 3.63) is 0 Å². The van der Waals surface area contributed by atoms with E-state index < -0.39 is 0 Å². The summed E-state index contributed by atoms with van der Waals surface area (Å²) in [6.07, 6.45) is 6.99. The van der Waals surface area contributed by atoms with Crippen LogP contribution in [0.2, 0.25) is 0 Å². The van der Waals surface area contributed by atoms with Crippen molar-refractivity contribution in [2.45, 2.75) is 63.6 Å². The Morgan fingerprint density at radius 2 is 1.89 bits per heavy atom. The Hall–Kier alpha value is -0.120. The summed E-state index contributed by atoms with van der Waals surface area (Å²) in [5, 5.41) is 3.37. The number of rotatable bonds is 3. The lowest BCUT2D eigenvalue weighted by molar-refractivity contribution is 0.0670. The molecule has 0 radical (unpaired) electrons. The molecule has 0 spiro atoms. The fraction of sp³-hybridized carbons (Fsp3) is 1.00. The van der Waals surface area contributed by atoms with Crippen LogP contribution in [0.1, 0.15) is 46.0 Å². The third-order valence-corrected chi connectivity index (χ3v) is 5.09. The van der Waals surface area contributed by atoms with Crippen molar-refractivity contribution in [3.63, 3.8) is 0 Å². The van der Waals surface area contributed by atoms with E-state index in [9.17, 15) is 0 Å². The Kier molecular flexibility index (Phi) is 4.68. The minimum atomic E-state index is 0.367. The molecule has 1 saturated heterocycles. The molecule has 1 unspecified atom stereocenters. The van der Waals surface area contributed by atoms with Crippen LogP contribution in [0.3, 0.4) is 0 Å². The molecule has 0 bridgehead atoms. The van der Waals surface area contributed by atoms with Gasteiger partial charge in [0.25, 0.3) is 0 Å². The first-order valence-electron chi connectivity index (χ1n) is 7.66. The third-order valence-electron chi connectivity index (χ3n) is 5.09. The van der Waals surface area contributed by atoms with Crippen LogP contribution in [0.4, 0.5) is 0 Å². The molecule has 3 heteroatoms. The van der Waals surface area contributed by atoms with Crippen molar-refractivity contribution >= 4 is 0 Å². The number of hydrogen-bond donors (Lipinski definition) is 1. The maximum Gasteiger partial charge on any atom is 0.0345 e. The molecule has 0 aromatic carbocycles. The molecule has 3 nitrogen and oxygen atoms in total. The zero-order chi connectivity index (χ0) is 13.2. The minimum Gasteiger partial charge on any atom is -0.318 e. The first-order valence-corrected chi connectivity index (χ1v) is 7.66. The van der Waals surface area contributed by atoms with Crippen molar-refractivity contribution in [2.24, 2.45) is 0 Å². The van der Waals surface area contributed by atoms with Gasteiger partial charge in [-0.2, -0.15) is 0 Å². The van der Waals surface area contributed by atoms with Crippen LogP contribution in [-0.4, -0.2) is 61.2 Å². The predicted octanol–water partition coefficient (Wildman–Crippen LogP) is 1.93. The van der Waals surface area contributed by atoms with Crippen LogP contribution in [0.15, 0.2) is 0 Å². The zero-order valence-electron chi connectivity index (χ0n) is 12.7. The molecule has 1 saturated carbocycles. The quantitative estimate of drug-likeness (QED) is 0.829. The Labute approximate surface area is 113 Å². The molecular formula is C15H31N3. The van der Waals surface area contributed by atoms with Gasteiger partial charge >= 0.3 is 0 Å². The SMILES string of the molecule is CNCC1CN(C2CCCC2)C(C)(C)CCN1C. The van der Waals surface area contributed by atoms with E-state index in [1.807, 2.05) is 0 Å². The normalized spacial score (nSPS) is 31.7. The number of nitrogens with zero attached hydrogens (tertiary/aromatic N) is 2. The van der Waals surface area contributed by atoms with Crippen LogP contribution < -0.4 is 5.32 Å². The molecule has 18 heavy (non-hydrogen) atoms. The highest BCUT2D eigenvalue weighted by molar-refractivity contribution is 4.95. The Bertz CT molecular complexity index is 258. The second kappa shape index (κ2) is 5.89. The minimum absolute atomic E-state index is 0.367.